The first kappa shape index (κ1) is 13.1. The Balaban J connectivity index is 0.00000169. The van der Waals surface area contributed by atoms with Crippen molar-refractivity contribution in [1.82, 2.24) is 0 Å². The van der Waals surface area contributed by atoms with E-state index in [1.165, 1.54) is 0 Å². The highest BCUT2D eigenvalue weighted by Gasteiger charge is 2.15. The quantitative estimate of drug-likeness (QED) is 0.809. The fraction of sp³-hybridized carbons (Fsp3) is 0.333. The lowest BCUT2D eigenvalue weighted by atomic mass is 10.0. The largest absolute Gasteiger partial charge is 0.507 e. The number of nitrogens with two attached hydrogens (primary N) is 1. The van der Waals surface area contributed by atoms with E-state index in [4.69, 9.17) is 5.73 Å². The van der Waals surface area contributed by atoms with Crippen LogP contribution in [0.25, 0.3) is 0 Å². The predicted octanol–water partition coefficient (Wildman–Crippen LogP) is 2.50. The lowest BCUT2D eigenvalue weighted by Gasteiger charge is -2.12. The summed E-state index contributed by atoms with van der Waals surface area (Å²) < 4.78 is 25.6. The first-order valence-corrected chi connectivity index (χ1v) is 3.99. The topological polar surface area (TPSA) is 46.2 Å². The van der Waals surface area contributed by atoms with Gasteiger partial charge in [0.05, 0.1) is 0 Å². The van der Waals surface area contributed by atoms with Gasteiger partial charge in [-0.25, -0.2) is 8.78 Å². The van der Waals surface area contributed by atoms with E-state index >= 15 is 0 Å². The zero-order valence-electron chi connectivity index (χ0n) is 7.63. The highest BCUT2D eigenvalue weighted by molar-refractivity contribution is 5.85. The molecule has 3 N–H and O–H groups in total. The van der Waals surface area contributed by atoms with E-state index in [9.17, 15) is 13.9 Å². The molecule has 0 saturated carbocycles. The fourth-order valence-corrected chi connectivity index (χ4v) is 1.14. The molecule has 2 nitrogen and oxygen atoms in total. The first-order valence-electron chi connectivity index (χ1n) is 3.99. The molecule has 1 aromatic rings. The van der Waals surface area contributed by atoms with E-state index in [0.29, 0.717) is 12.5 Å². The number of hydrogen-bond donors (Lipinski definition) is 2. The number of rotatable bonds is 2. The molecule has 0 aliphatic carbocycles. The zero-order valence-corrected chi connectivity index (χ0v) is 8.44. The number of phenolic OH excluding ortho intramolecular Hbond substituents is 1. The molecule has 0 spiro atoms. The lowest BCUT2D eigenvalue weighted by Crippen LogP contribution is -2.11. The van der Waals surface area contributed by atoms with Gasteiger partial charge in [-0.05, 0) is 6.42 Å². The van der Waals surface area contributed by atoms with Gasteiger partial charge in [-0.1, -0.05) is 6.92 Å². The Morgan fingerprint density at radius 1 is 1.43 bits per heavy atom. The Morgan fingerprint density at radius 2 is 2.00 bits per heavy atom. The molecule has 0 aliphatic heterocycles. The molecular weight excluding hydrogens is 212 g/mol. The van der Waals surface area contributed by atoms with Gasteiger partial charge in [0.15, 0.2) is 0 Å². The summed E-state index contributed by atoms with van der Waals surface area (Å²) in [5, 5.41) is 9.21. The molecule has 0 bridgehead atoms. The molecule has 1 aromatic carbocycles. The number of benzene rings is 1. The average molecular weight is 224 g/mol. The highest BCUT2D eigenvalue weighted by atomic mass is 35.5. The Labute approximate surface area is 87.1 Å². The molecule has 14 heavy (non-hydrogen) atoms. The third-order valence-corrected chi connectivity index (χ3v) is 1.88. The second-order valence-corrected chi connectivity index (χ2v) is 2.84. The standard InChI is InChI=1S/C9H11F2NO.ClH/c1-2-7(12)9-6(11)3-5(10)4-8(9)13;/h3-4,7,13H,2,12H2,1H3;1H/t7-;/m0./s1. The summed E-state index contributed by atoms with van der Waals surface area (Å²) in [6.45, 7) is 1.76. The van der Waals surface area contributed by atoms with E-state index in [1.54, 1.807) is 6.92 Å². The van der Waals surface area contributed by atoms with Gasteiger partial charge in [0.2, 0.25) is 0 Å². The normalized spacial score (nSPS) is 12.0. The molecule has 0 unspecified atom stereocenters. The zero-order chi connectivity index (χ0) is 10.0. The monoisotopic (exact) mass is 223 g/mol. The van der Waals surface area contributed by atoms with Crippen molar-refractivity contribution < 1.29 is 13.9 Å². The van der Waals surface area contributed by atoms with Gasteiger partial charge in [-0.3, -0.25) is 0 Å². The van der Waals surface area contributed by atoms with Crippen molar-refractivity contribution in [3.63, 3.8) is 0 Å². The number of hydrogen-bond acceptors (Lipinski definition) is 2. The summed E-state index contributed by atoms with van der Waals surface area (Å²) in [6.07, 6.45) is 0.482. The van der Waals surface area contributed by atoms with Crippen LogP contribution in [0.5, 0.6) is 5.75 Å². The smallest absolute Gasteiger partial charge is 0.134 e. The second-order valence-electron chi connectivity index (χ2n) is 2.84. The van der Waals surface area contributed by atoms with Crippen LogP contribution < -0.4 is 5.73 Å². The molecule has 0 saturated heterocycles. The maximum absolute atomic E-state index is 13.1. The third kappa shape index (κ3) is 2.56. The number of phenols is 1. The number of aromatic hydroxyl groups is 1. The third-order valence-electron chi connectivity index (χ3n) is 1.88. The van der Waals surface area contributed by atoms with Crippen LogP contribution in [0.1, 0.15) is 24.9 Å². The molecule has 0 aromatic heterocycles. The summed E-state index contributed by atoms with van der Waals surface area (Å²) in [4.78, 5) is 0. The summed E-state index contributed by atoms with van der Waals surface area (Å²) in [5.41, 5.74) is 5.50. The van der Waals surface area contributed by atoms with Gasteiger partial charge in [0.1, 0.15) is 17.4 Å². The maximum atomic E-state index is 13.1. The molecular formula is C9H12ClF2NO. The van der Waals surface area contributed by atoms with E-state index in [0.717, 1.165) is 6.07 Å². The van der Waals surface area contributed by atoms with E-state index < -0.39 is 23.4 Å². The SMILES string of the molecule is CC[C@H](N)c1c(O)cc(F)cc1F.Cl. The maximum Gasteiger partial charge on any atom is 0.134 e. The molecule has 1 rings (SSSR count). The van der Waals surface area contributed by atoms with Gasteiger partial charge >= 0.3 is 0 Å². The van der Waals surface area contributed by atoms with Crippen LogP contribution >= 0.6 is 12.4 Å². The summed E-state index contributed by atoms with van der Waals surface area (Å²) in [5.74, 6) is -2.03. The Bertz CT molecular complexity index is 297. The Kier molecular flexibility index (Phi) is 4.80. The Hall–Kier alpha value is -0.870. The van der Waals surface area contributed by atoms with Crippen LogP contribution in [0.15, 0.2) is 12.1 Å². The number of halogens is 3. The lowest BCUT2D eigenvalue weighted by molar-refractivity contribution is 0.438. The molecule has 0 aliphatic rings. The predicted molar refractivity (Wildman–Crippen MR) is 52.5 cm³/mol. The van der Waals surface area contributed by atoms with Crippen LogP contribution in [-0.2, 0) is 0 Å². The molecule has 80 valence electrons. The van der Waals surface area contributed by atoms with E-state index in [1.807, 2.05) is 0 Å². The van der Waals surface area contributed by atoms with Crippen molar-refractivity contribution in [2.45, 2.75) is 19.4 Å². The minimum Gasteiger partial charge on any atom is -0.507 e. The fourth-order valence-electron chi connectivity index (χ4n) is 1.14. The molecule has 0 fully saturated rings. The van der Waals surface area contributed by atoms with Gasteiger partial charge < -0.3 is 10.8 Å². The minimum absolute atomic E-state index is 0. The van der Waals surface area contributed by atoms with Crippen molar-refractivity contribution >= 4 is 12.4 Å². The molecule has 1 atom stereocenters. The summed E-state index contributed by atoms with van der Waals surface area (Å²) in [6, 6.07) is 0.971. The van der Waals surface area contributed by atoms with Crippen molar-refractivity contribution in [2.24, 2.45) is 5.73 Å². The van der Waals surface area contributed by atoms with Gasteiger partial charge in [0, 0.05) is 23.7 Å². The van der Waals surface area contributed by atoms with Crippen LogP contribution in [0.3, 0.4) is 0 Å². The molecule has 0 amide bonds. The van der Waals surface area contributed by atoms with Gasteiger partial charge in [-0.2, -0.15) is 0 Å². The molecule has 5 heteroatoms. The van der Waals surface area contributed by atoms with Crippen molar-refractivity contribution in [2.75, 3.05) is 0 Å². The Morgan fingerprint density at radius 3 is 2.43 bits per heavy atom. The van der Waals surface area contributed by atoms with Gasteiger partial charge in [0.25, 0.3) is 0 Å². The molecule has 0 radical (unpaired) electrons. The minimum atomic E-state index is -0.804. The van der Waals surface area contributed by atoms with Crippen LogP contribution in [0.2, 0.25) is 0 Å². The van der Waals surface area contributed by atoms with Crippen molar-refractivity contribution in [3.05, 3.63) is 29.3 Å². The van der Waals surface area contributed by atoms with Crippen LogP contribution in [0, 0.1) is 11.6 Å². The van der Waals surface area contributed by atoms with E-state index in [2.05, 4.69) is 0 Å². The van der Waals surface area contributed by atoms with Crippen LogP contribution in [0.4, 0.5) is 8.78 Å². The first-order chi connectivity index (χ1) is 6.06. The van der Waals surface area contributed by atoms with Crippen molar-refractivity contribution in [1.29, 1.82) is 0 Å². The van der Waals surface area contributed by atoms with Gasteiger partial charge in [-0.15, -0.1) is 12.4 Å². The second kappa shape index (κ2) is 5.12. The molecule has 0 heterocycles. The summed E-state index contributed by atoms with van der Waals surface area (Å²) in [7, 11) is 0. The van der Waals surface area contributed by atoms with E-state index in [-0.39, 0.29) is 18.0 Å². The van der Waals surface area contributed by atoms with Crippen molar-refractivity contribution in [3.8, 4) is 5.75 Å². The highest BCUT2D eigenvalue weighted by Crippen LogP contribution is 2.28. The van der Waals surface area contributed by atoms with Crippen LogP contribution in [-0.4, -0.2) is 5.11 Å². The average Bonchev–Trinajstić information content (AvgIpc) is 2.02. The summed E-state index contributed by atoms with van der Waals surface area (Å²) >= 11 is 0.